The molecular formula is C10H11BrN2O4. The van der Waals surface area contributed by atoms with Gasteiger partial charge in [0.05, 0.1) is 14.3 Å². The van der Waals surface area contributed by atoms with E-state index in [0.29, 0.717) is 10.0 Å². The van der Waals surface area contributed by atoms with Gasteiger partial charge in [0.2, 0.25) is 0 Å². The Morgan fingerprint density at radius 2 is 1.76 bits per heavy atom. The number of nitro benzene ring substituents is 2. The quantitative estimate of drug-likeness (QED) is 0.629. The summed E-state index contributed by atoms with van der Waals surface area (Å²) in [6, 6.07) is 1.39. The molecular weight excluding hydrogens is 292 g/mol. The molecule has 0 N–H and O–H groups in total. The molecule has 0 spiro atoms. The Kier molecular flexibility index (Phi) is 3.82. The SMILES string of the molecule is Cc1c([N+](=O)[O-])cc(C(C)C)c(Br)c1[N+](=O)[O-]. The molecule has 0 atom stereocenters. The standard InChI is InChI=1S/C10H11BrN2O4/c1-5(2)7-4-8(12(14)15)6(3)10(9(7)11)13(16)17/h4-5H,1-3H3. The highest BCUT2D eigenvalue weighted by Gasteiger charge is 2.28. The van der Waals surface area contributed by atoms with Crippen LogP contribution in [0, 0.1) is 27.2 Å². The molecule has 7 heteroatoms. The van der Waals surface area contributed by atoms with Gasteiger partial charge in [0.25, 0.3) is 11.4 Å². The van der Waals surface area contributed by atoms with E-state index in [1.165, 1.54) is 13.0 Å². The van der Waals surface area contributed by atoms with Crippen LogP contribution in [-0.4, -0.2) is 9.85 Å². The molecule has 0 heterocycles. The van der Waals surface area contributed by atoms with Gasteiger partial charge in [-0.05, 0) is 34.3 Å². The molecule has 0 unspecified atom stereocenters. The Morgan fingerprint density at radius 1 is 1.24 bits per heavy atom. The first-order valence-electron chi connectivity index (χ1n) is 4.89. The largest absolute Gasteiger partial charge is 0.293 e. The van der Waals surface area contributed by atoms with Gasteiger partial charge in [-0.1, -0.05) is 13.8 Å². The molecule has 0 aliphatic heterocycles. The van der Waals surface area contributed by atoms with Crippen molar-refractivity contribution < 1.29 is 9.85 Å². The third kappa shape index (κ3) is 2.44. The van der Waals surface area contributed by atoms with Crippen LogP contribution in [0.15, 0.2) is 10.5 Å². The Hall–Kier alpha value is -1.50. The number of halogens is 1. The summed E-state index contributed by atoms with van der Waals surface area (Å²) in [5.74, 6) is -0.0395. The smallest absolute Gasteiger partial charge is 0.258 e. The van der Waals surface area contributed by atoms with E-state index in [2.05, 4.69) is 15.9 Å². The lowest BCUT2D eigenvalue weighted by molar-refractivity contribution is -0.395. The highest BCUT2D eigenvalue weighted by atomic mass is 79.9. The predicted octanol–water partition coefficient (Wildman–Crippen LogP) is 3.70. The van der Waals surface area contributed by atoms with Crippen molar-refractivity contribution in [1.82, 2.24) is 0 Å². The number of nitro groups is 2. The molecule has 17 heavy (non-hydrogen) atoms. The first-order chi connectivity index (χ1) is 7.77. The molecule has 1 rings (SSSR count). The molecule has 0 saturated heterocycles. The summed E-state index contributed by atoms with van der Waals surface area (Å²) in [4.78, 5) is 20.6. The van der Waals surface area contributed by atoms with E-state index in [0.717, 1.165) is 0 Å². The van der Waals surface area contributed by atoms with Gasteiger partial charge in [-0.25, -0.2) is 0 Å². The number of hydrogen-bond donors (Lipinski definition) is 0. The van der Waals surface area contributed by atoms with Gasteiger partial charge in [0.1, 0.15) is 5.56 Å². The second kappa shape index (κ2) is 4.79. The van der Waals surface area contributed by atoms with Crippen molar-refractivity contribution in [2.45, 2.75) is 26.7 Å². The summed E-state index contributed by atoms with van der Waals surface area (Å²) in [6.07, 6.45) is 0. The van der Waals surface area contributed by atoms with Gasteiger partial charge < -0.3 is 0 Å². The molecule has 92 valence electrons. The Balaban J connectivity index is 3.69. The first kappa shape index (κ1) is 13.6. The van der Waals surface area contributed by atoms with E-state index in [1.54, 1.807) is 0 Å². The van der Waals surface area contributed by atoms with Gasteiger partial charge in [-0.15, -0.1) is 0 Å². The molecule has 0 aliphatic carbocycles. The van der Waals surface area contributed by atoms with Crippen LogP contribution in [0.2, 0.25) is 0 Å². The minimum absolute atomic E-state index is 0.0395. The Labute approximate surface area is 106 Å². The van der Waals surface area contributed by atoms with E-state index >= 15 is 0 Å². The summed E-state index contributed by atoms with van der Waals surface area (Å²) in [5.41, 5.74) is 0.178. The van der Waals surface area contributed by atoms with Gasteiger partial charge in [-0.3, -0.25) is 20.2 Å². The maximum atomic E-state index is 10.9. The summed E-state index contributed by atoms with van der Waals surface area (Å²) < 4.78 is 0.320. The molecule has 0 radical (unpaired) electrons. The molecule has 0 bridgehead atoms. The molecule has 1 aromatic rings. The minimum Gasteiger partial charge on any atom is -0.258 e. The fourth-order valence-corrected chi connectivity index (χ4v) is 2.58. The predicted molar refractivity (Wildman–Crippen MR) is 66.3 cm³/mol. The summed E-state index contributed by atoms with van der Waals surface area (Å²) >= 11 is 3.15. The summed E-state index contributed by atoms with van der Waals surface area (Å²) in [5, 5.41) is 21.8. The van der Waals surface area contributed by atoms with Crippen molar-refractivity contribution >= 4 is 27.3 Å². The average molecular weight is 303 g/mol. The van der Waals surface area contributed by atoms with Gasteiger partial charge in [-0.2, -0.15) is 0 Å². The fraction of sp³-hybridized carbons (Fsp3) is 0.400. The lowest BCUT2D eigenvalue weighted by Crippen LogP contribution is -2.02. The van der Waals surface area contributed by atoms with Crippen LogP contribution >= 0.6 is 15.9 Å². The van der Waals surface area contributed by atoms with Crippen molar-refractivity contribution in [2.24, 2.45) is 0 Å². The molecule has 0 amide bonds. The van der Waals surface area contributed by atoms with Crippen molar-refractivity contribution in [2.75, 3.05) is 0 Å². The Bertz CT molecular complexity index is 500. The topological polar surface area (TPSA) is 86.3 Å². The van der Waals surface area contributed by atoms with E-state index in [-0.39, 0.29) is 22.9 Å². The number of rotatable bonds is 3. The molecule has 0 saturated carbocycles. The van der Waals surface area contributed by atoms with Crippen molar-refractivity contribution in [3.63, 3.8) is 0 Å². The minimum atomic E-state index is -0.599. The third-order valence-corrected chi connectivity index (χ3v) is 3.33. The van der Waals surface area contributed by atoms with Crippen LogP contribution in [0.1, 0.15) is 30.9 Å². The van der Waals surface area contributed by atoms with Crippen LogP contribution in [0.3, 0.4) is 0 Å². The van der Waals surface area contributed by atoms with Crippen LogP contribution in [0.4, 0.5) is 11.4 Å². The monoisotopic (exact) mass is 302 g/mol. The first-order valence-corrected chi connectivity index (χ1v) is 5.68. The zero-order valence-electron chi connectivity index (χ0n) is 9.56. The van der Waals surface area contributed by atoms with Crippen molar-refractivity contribution in [1.29, 1.82) is 0 Å². The van der Waals surface area contributed by atoms with Crippen LogP contribution in [0.5, 0.6) is 0 Å². The summed E-state index contributed by atoms with van der Waals surface area (Å²) in [7, 11) is 0. The van der Waals surface area contributed by atoms with Crippen LogP contribution in [-0.2, 0) is 0 Å². The lowest BCUT2D eigenvalue weighted by Gasteiger charge is -2.10. The van der Waals surface area contributed by atoms with E-state index < -0.39 is 9.85 Å². The van der Waals surface area contributed by atoms with E-state index in [9.17, 15) is 20.2 Å². The summed E-state index contributed by atoms with van der Waals surface area (Å²) in [6.45, 7) is 5.02. The maximum absolute atomic E-state index is 10.9. The second-order valence-electron chi connectivity index (χ2n) is 3.94. The average Bonchev–Trinajstić information content (AvgIpc) is 2.15. The lowest BCUT2D eigenvalue weighted by atomic mass is 9.99. The van der Waals surface area contributed by atoms with E-state index in [4.69, 9.17) is 0 Å². The molecule has 1 aromatic carbocycles. The molecule has 6 nitrogen and oxygen atoms in total. The Morgan fingerprint density at radius 3 is 2.12 bits per heavy atom. The van der Waals surface area contributed by atoms with Crippen molar-refractivity contribution in [3.8, 4) is 0 Å². The molecule has 0 fully saturated rings. The van der Waals surface area contributed by atoms with Crippen molar-refractivity contribution in [3.05, 3.63) is 41.9 Å². The zero-order valence-corrected chi connectivity index (χ0v) is 11.1. The number of benzene rings is 1. The van der Waals surface area contributed by atoms with Gasteiger partial charge in [0, 0.05) is 6.07 Å². The molecule has 0 aliphatic rings. The maximum Gasteiger partial charge on any atom is 0.293 e. The molecule has 0 aromatic heterocycles. The fourth-order valence-electron chi connectivity index (χ4n) is 1.57. The highest BCUT2D eigenvalue weighted by molar-refractivity contribution is 9.10. The third-order valence-electron chi connectivity index (χ3n) is 2.49. The van der Waals surface area contributed by atoms with Crippen LogP contribution in [0.25, 0.3) is 0 Å². The highest BCUT2D eigenvalue weighted by Crippen LogP contribution is 2.40. The zero-order chi connectivity index (χ0) is 13.3. The van der Waals surface area contributed by atoms with Gasteiger partial charge in [0.15, 0.2) is 0 Å². The van der Waals surface area contributed by atoms with Crippen LogP contribution < -0.4 is 0 Å². The number of hydrogen-bond acceptors (Lipinski definition) is 4. The van der Waals surface area contributed by atoms with Gasteiger partial charge >= 0.3 is 0 Å². The second-order valence-corrected chi connectivity index (χ2v) is 4.73. The van der Waals surface area contributed by atoms with E-state index in [1.807, 2.05) is 13.8 Å². The normalized spacial score (nSPS) is 10.6. The number of nitrogens with zero attached hydrogens (tertiary/aromatic N) is 2.